The first-order valence-electron chi connectivity index (χ1n) is 9.75. The maximum absolute atomic E-state index is 13.0. The van der Waals surface area contributed by atoms with Gasteiger partial charge in [-0.1, -0.05) is 36.4 Å². The summed E-state index contributed by atoms with van der Waals surface area (Å²) in [6.07, 6.45) is 2.07. The van der Waals surface area contributed by atoms with Gasteiger partial charge < -0.3 is 15.2 Å². The Morgan fingerprint density at radius 1 is 1.23 bits per heavy atom. The van der Waals surface area contributed by atoms with E-state index >= 15 is 0 Å². The Hall–Kier alpha value is -3.00. The molecule has 3 N–H and O–H groups in total. The number of halogens is 2. The number of aliphatic imine (C=N–C) groups is 1. The molecule has 6 nitrogen and oxygen atoms in total. The standard InChI is InChI=1S/C22H23F2N3O3/c1-29-10-9-14-12-18(14)13-3-2-4-16(11-13)22(19(28)26-21(25)27-22)15-5-7-17(8-6-15)30-20(23)24/h2-8,11,14,18,20H,9-10,12H2,1H3,(H3,25,26,27,28). The summed E-state index contributed by atoms with van der Waals surface area (Å²) >= 11 is 0. The van der Waals surface area contributed by atoms with E-state index < -0.39 is 12.2 Å². The Bertz CT molecular complexity index is 964. The maximum atomic E-state index is 13.0. The molecule has 1 aliphatic carbocycles. The Labute approximate surface area is 173 Å². The molecule has 3 unspecified atom stereocenters. The van der Waals surface area contributed by atoms with Crippen LogP contribution in [0.3, 0.4) is 0 Å². The number of alkyl halides is 2. The van der Waals surface area contributed by atoms with Crippen molar-refractivity contribution >= 4 is 11.9 Å². The van der Waals surface area contributed by atoms with Gasteiger partial charge in [-0.15, -0.1) is 0 Å². The first-order valence-corrected chi connectivity index (χ1v) is 9.75. The largest absolute Gasteiger partial charge is 0.435 e. The average Bonchev–Trinajstić information content (AvgIpc) is 3.43. The number of rotatable bonds is 8. The zero-order valence-electron chi connectivity index (χ0n) is 16.5. The molecule has 8 heteroatoms. The third-order valence-corrected chi connectivity index (χ3v) is 5.70. The van der Waals surface area contributed by atoms with Crippen molar-refractivity contribution in [2.75, 3.05) is 13.7 Å². The van der Waals surface area contributed by atoms with Gasteiger partial charge in [-0.05, 0) is 53.5 Å². The first kappa shape index (κ1) is 20.3. The summed E-state index contributed by atoms with van der Waals surface area (Å²) in [6, 6.07) is 13.7. The number of methoxy groups -OCH3 is 1. The van der Waals surface area contributed by atoms with Crippen LogP contribution < -0.4 is 15.8 Å². The second-order valence-electron chi connectivity index (χ2n) is 7.57. The molecule has 1 heterocycles. The maximum Gasteiger partial charge on any atom is 0.387 e. The fourth-order valence-electron chi connectivity index (χ4n) is 4.14. The predicted molar refractivity (Wildman–Crippen MR) is 107 cm³/mol. The third kappa shape index (κ3) is 3.75. The van der Waals surface area contributed by atoms with Crippen LogP contribution in [0.4, 0.5) is 8.78 Å². The fraction of sp³-hybridized carbons (Fsp3) is 0.364. The molecule has 1 saturated carbocycles. The second kappa shape index (κ2) is 8.02. The molecule has 3 atom stereocenters. The number of amides is 1. The van der Waals surface area contributed by atoms with Crippen LogP contribution in [0.1, 0.15) is 35.4 Å². The van der Waals surface area contributed by atoms with Crippen molar-refractivity contribution in [3.8, 4) is 5.75 Å². The van der Waals surface area contributed by atoms with E-state index in [1.165, 1.54) is 12.1 Å². The van der Waals surface area contributed by atoms with Crippen LogP contribution in [0.2, 0.25) is 0 Å². The average molecular weight is 415 g/mol. The molecule has 2 aliphatic rings. The van der Waals surface area contributed by atoms with Crippen LogP contribution in [0.25, 0.3) is 0 Å². The lowest BCUT2D eigenvalue weighted by Crippen LogP contribution is -2.39. The van der Waals surface area contributed by atoms with Crippen molar-refractivity contribution in [3.05, 3.63) is 65.2 Å². The highest BCUT2D eigenvalue weighted by Crippen LogP contribution is 2.50. The highest BCUT2D eigenvalue weighted by Gasteiger charge is 2.47. The van der Waals surface area contributed by atoms with Gasteiger partial charge in [0.2, 0.25) is 0 Å². The highest BCUT2D eigenvalue weighted by molar-refractivity contribution is 6.09. The molecule has 0 spiro atoms. The summed E-state index contributed by atoms with van der Waals surface area (Å²) in [5, 5.41) is 2.57. The van der Waals surface area contributed by atoms with Crippen molar-refractivity contribution in [3.63, 3.8) is 0 Å². The number of hydrogen-bond acceptors (Lipinski definition) is 5. The molecule has 2 aromatic rings. The lowest BCUT2D eigenvalue weighted by Gasteiger charge is -2.25. The van der Waals surface area contributed by atoms with Gasteiger partial charge in [0.15, 0.2) is 11.5 Å². The molecule has 1 aliphatic heterocycles. The lowest BCUT2D eigenvalue weighted by molar-refractivity contribution is -0.122. The predicted octanol–water partition coefficient (Wildman–Crippen LogP) is 3.12. The number of nitrogens with two attached hydrogens (primary N) is 1. The van der Waals surface area contributed by atoms with E-state index in [1.54, 1.807) is 19.2 Å². The Balaban J connectivity index is 1.69. The molecule has 0 bridgehead atoms. The van der Waals surface area contributed by atoms with E-state index in [9.17, 15) is 13.6 Å². The number of hydrogen-bond donors (Lipinski definition) is 2. The van der Waals surface area contributed by atoms with Gasteiger partial charge >= 0.3 is 6.61 Å². The highest BCUT2D eigenvalue weighted by atomic mass is 19.3. The Morgan fingerprint density at radius 3 is 2.63 bits per heavy atom. The molecule has 2 aromatic carbocycles. The molecule has 30 heavy (non-hydrogen) atoms. The van der Waals surface area contributed by atoms with Gasteiger partial charge in [0, 0.05) is 13.7 Å². The second-order valence-corrected chi connectivity index (χ2v) is 7.57. The molecular weight excluding hydrogens is 392 g/mol. The monoisotopic (exact) mass is 415 g/mol. The van der Waals surface area contributed by atoms with Gasteiger partial charge in [-0.3, -0.25) is 10.1 Å². The molecule has 0 saturated heterocycles. The number of carbonyl (C=O) groups is 1. The molecule has 1 amide bonds. The Kier molecular flexibility index (Phi) is 5.42. The van der Waals surface area contributed by atoms with Crippen LogP contribution in [-0.4, -0.2) is 32.2 Å². The van der Waals surface area contributed by atoms with E-state index in [4.69, 9.17) is 10.5 Å². The lowest BCUT2D eigenvalue weighted by atomic mass is 9.82. The van der Waals surface area contributed by atoms with Crippen molar-refractivity contribution in [1.82, 2.24) is 5.32 Å². The van der Waals surface area contributed by atoms with Gasteiger partial charge in [0.1, 0.15) is 5.75 Å². The van der Waals surface area contributed by atoms with E-state index in [0.29, 0.717) is 23.0 Å². The number of nitrogens with one attached hydrogen (secondary N) is 1. The van der Waals surface area contributed by atoms with Crippen LogP contribution in [0.15, 0.2) is 53.5 Å². The molecule has 4 rings (SSSR count). The summed E-state index contributed by atoms with van der Waals surface area (Å²) in [5.74, 6) is 0.624. The number of guanidine groups is 1. The van der Waals surface area contributed by atoms with Crippen LogP contribution in [0.5, 0.6) is 5.75 Å². The van der Waals surface area contributed by atoms with Crippen LogP contribution >= 0.6 is 0 Å². The molecular formula is C22H23F2N3O3. The minimum absolute atomic E-state index is 0.00646. The van der Waals surface area contributed by atoms with Crippen molar-refractivity contribution in [1.29, 1.82) is 0 Å². The van der Waals surface area contributed by atoms with Crippen molar-refractivity contribution in [2.45, 2.75) is 30.9 Å². The minimum Gasteiger partial charge on any atom is -0.435 e. The van der Waals surface area contributed by atoms with E-state index in [1.807, 2.05) is 24.3 Å². The SMILES string of the molecule is COCCC1CC1c1cccc(C2(c3ccc(OC(F)F)cc3)N=C(N)NC2=O)c1. The molecule has 158 valence electrons. The topological polar surface area (TPSA) is 85.9 Å². The number of ether oxygens (including phenoxy) is 2. The van der Waals surface area contributed by atoms with Gasteiger partial charge in [0.25, 0.3) is 5.91 Å². The van der Waals surface area contributed by atoms with Crippen molar-refractivity contribution < 1.29 is 23.0 Å². The summed E-state index contributed by atoms with van der Waals surface area (Å²) in [7, 11) is 1.69. The van der Waals surface area contributed by atoms with E-state index in [-0.39, 0.29) is 17.6 Å². The summed E-state index contributed by atoms with van der Waals surface area (Å²) in [4.78, 5) is 17.4. The van der Waals surface area contributed by atoms with Crippen LogP contribution in [0, 0.1) is 5.92 Å². The summed E-state index contributed by atoms with van der Waals surface area (Å²) in [5.41, 5.74) is 6.80. The van der Waals surface area contributed by atoms with Gasteiger partial charge in [-0.2, -0.15) is 8.78 Å². The zero-order valence-corrected chi connectivity index (χ0v) is 16.5. The number of carbonyl (C=O) groups excluding carboxylic acids is 1. The number of nitrogens with zero attached hydrogens (tertiary/aromatic N) is 1. The first-order chi connectivity index (χ1) is 14.4. The normalized spacial score (nSPS) is 25.2. The smallest absolute Gasteiger partial charge is 0.387 e. The summed E-state index contributed by atoms with van der Waals surface area (Å²) < 4.78 is 34.5. The van der Waals surface area contributed by atoms with Gasteiger partial charge in [-0.25, -0.2) is 4.99 Å². The van der Waals surface area contributed by atoms with Gasteiger partial charge in [0.05, 0.1) is 0 Å². The molecule has 0 radical (unpaired) electrons. The zero-order chi connectivity index (χ0) is 21.3. The van der Waals surface area contributed by atoms with E-state index in [2.05, 4.69) is 15.0 Å². The molecule has 1 fully saturated rings. The van der Waals surface area contributed by atoms with Crippen LogP contribution in [-0.2, 0) is 15.1 Å². The summed E-state index contributed by atoms with van der Waals surface area (Å²) in [6.45, 7) is -2.20. The fourth-order valence-corrected chi connectivity index (χ4v) is 4.14. The van der Waals surface area contributed by atoms with E-state index in [0.717, 1.165) is 25.0 Å². The molecule has 0 aromatic heterocycles. The third-order valence-electron chi connectivity index (χ3n) is 5.70. The Morgan fingerprint density at radius 2 is 2.00 bits per heavy atom. The quantitative estimate of drug-likeness (QED) is 0.694. The number of benzene rings is 2. The van der Waals surface area contributed by atoms with Crippen molar-refractivity contribution in [2.24, 2.45) is 16.6 Å². The minimum atomic E-state index is -2.92.